The third-order valence-corrected chi connectivity index (χ3v) is 3.55. The number of carbonyl (C=O) groups is 1. The molecular weight excluding hydrogens is 268 g/mol. The van der Waals surface area contributed by atoms with Crippen molar-refractivity contribution < 1.29 is 9.32 Å². The highest BCUT2D eigenvalue weighted by Crippen LogP contribution is 2.24. The van der Waals surface area contributed by atoms with E-state index >= 15 is 0 Å². The summed E-state index contributed by atoms with van der Waals surface area (Å²) in [7, 11) is 0. The molecule has 2 heterocycles. The van der Waals surface area contributed by atoms with Crippen molar-refractivity contribution in [3.63, 3.8) is 0 Å². The van der Waals surface area contributed by atoms with Crippen LogP contribution in [0.25, 0.3) is 0 Å². The molecule has 0 bridgehead atoms. The molecule has 0 spiro atoms. The summed E-state index contributed by atoms with van der Waals surface area (Å²) >= 11 is 0. The van der Waals surface area contributed by atoms with Crippen molar-refractivity contribution in [1.82, 2.24) is 20.4 Å². The highest BCUT2D eigenvalue weighted by Gasteiger charge is 2.33. The van der Waals surface area contributed by atoms with Crippen LogP contribution in [0.5, 0.6) is 0 Å². The molecule has 21 heavy (non-hydrogen) atoms. The number of likely N-dealkylation sites (tertiary alicyclic amines) is 1. The average Bonchev–Trinajstić information content (AvgIpc) is 2.87. The van der Waals surface area contributed by atoms with Crippen LogP contribution in [-0.4, -0.2) is 40.6 Å². The molecule has 6 heteroatoms. The van der Waals surface area contributed by atoms with Gasteiger partial charge >= 0.3 is 0 Å². The first kappa shape index (κ1) is 13.8. The van der Waals surface area contributed by atoms with Crippen LogP contribution < -0.4 is 5.32 Å². The lowest BCUT2D eigenvalue weighted by molar-refractivity contribution is -0.123. The number of aromatic nitrogens is 2. The van der Waals surface area contributed by atoms with Gasteiger partial charge in [-0.15, -0.1) is 0 Å². The van der Waals surface area contributed by atoms with Gasteiger partial charge in [0, 0.05) is 19.6 Å². The molecule has 1 aliphatic rings. The Morgan fingerprint density at radius 3 is 2.81 bits per heavy atom. The molecule has 3 rings (SSSR count). The zero-order chi connectivity index (χ0) is 14.7. The minimum atomic E-state index is 0.0408. The summed E-state index contributed by atoms with van der Waals surface area (Å²) in [5, 5.41) is 6.71. The second kappa shape index (κ2) is 6.05. The van der Waals surface area contributed by atoms with E-state index in [4.69, 9.17) is 4.52 Å². The van der Waals surface area contributed by atoms with Gasteiger partial charge in [-0.3, -0.25) is 9.69 Å². The quantitative estimate of drug-likeness (QED) is 0.891. The maximum Gasteiger partial charge on any atom is 0.234 e. The molecule has 1 N–H and O–H groups in total. The zero-order valence-electron chi connectivity index (χ0n) is 12.0. The van der Waals surface area contributed by atoms with Crippen molar-refractivity contribution in [3.05, 3.63) is 47.6 Å². The normalized spacial score (nSPS) is 15.7. The van der Waals surface area contributed by atoms with Crippen LogP contribution in [-0.2, 0) is 11.3 Å². The number of aryl methyl sites for hydroxylation is 1. The van der Waals surface area contributed by atoms with Gasteiger partial charge in [0.25, 0.3) is 0 Å². The predicted octanol–water partition coefficient (Wildman–Crippen LogP) is 1.09. The summed E-state index contributed by atoms with van der Waals surface area (Å²) in [5.41, 5.74) is 1.11. The smallest absolute Gasteiger partial charge is 0.234 e. The lowest BCUT2D eigenvalue weighted by Gasteiger charge is -2.36. The molecule has 1 saturated heterocycles. The number of nitrogens with one attached hydrogen (secondary N) is 1. The second-order valence-corrected chi connectivity index (χ2v) is 5.33. The van der Waals surface area contributed by atoms with Crippen LogP contribution in [0.1, 0.15) is 23.2 Å². The molecule has 2 aromatic rings. The van der Waals surface area contributed by atoms with Crippen molar-refractivity contribution in [1.29, 1.82) is 0 Å². The van der Waals surface area contributed by atoms with Gasteiger partial charge in [-0.1, -0.05) is 35.5 Å². The molecule has 110 valence electrons. The van der Waals surface area contributed by atoms with Crippen molar-refractivity contribution >= 4 is 5.91 Å². The Balaban J connectivity index is 1.39. The summed E-state index contributed by atoms with van der Waals surface area (Å²) in [5.74, 6) is 1.63. The van der Waals surface area contributed by atoms with Gasteiger partial charge in [-0.2, -0.15) is 4.98 Å². The number of rotatable bonds is 5. The topological polar surface area (TPSA) is 71.3 Å². The minimum Gasteiger partial charge on any atom is -0.351 e. The van der Waals surface area contributed by atoms with Crippen molar-refractivity contribution in [2.75, 3.05) is 19.6 Å². The van der Waals surface area contributed by atoms with Gasteiger partial charge in [0.15, 0.2) is 5.82 Å². The number of hydrogen-bond acceptors (Lipinski definition) is 5. The summed E-state index contributed by atoms with van der Waals surface area (Å²) in [4.78, 5) is 18.2. The SMILES string of the molecule is Cc1noc(C2CN(CC(=O)NCc3ccccc3)C2)n1. The second-order valence-electron chi connectivity index (χ2n) is 5.33. The summed E-state index contributed by atoms with van der Waals surface area (Å²) in [6.45, 7) is 4.37. The summed E-state index contributed by atoms with van der Waals surface area (Å²) in [6, 6.07) is 9.89. The highest BCUT2D eigenvalue weighted by molar-refractivity contribution is 5.78. The lowest BCUT2D eigenvalue weighted by atomic mass is 10.0. The molecule has 0 unspecified atom stereocenters. The number of carbonyl (C=O) groups excluding carboxylic acids is 1. The fourth-order valence-corrected chi connectivity index (χ4v) is 2.39. The van der Waals surface area contributed by atoms with Crippen LogP contribution in [0.2, 0.25) is 0 Å². The molecule has 1 aromatic carbocycles. The molecule has 1 aliphatic heterocycles. The van der Waals surface area contributed by atoms with E-state index < -0.39 is 0 Å². The van der Waals surface area contributed by atoms with Gasteiger partial charge < -0.3 is 9.84 Å². The fraction of sp³-hybridized carbons (Fsp3) is 0.400. The van der Waals surface area contributed by atoms with Gasteiger partial charge in [-0.25, -0.2) is 0 Å². The molecule has 1 fully saturated rings. The predicted molar refractivity (Wildman–Crippen MR) is 76.5 cm³/mol. The molecule has 0 radical (unpaired) electrons. The standard InChI is InChI=1S/C15H18N4O2/c1-11-17-15(21-18-11)13-8-19(9-13)10-14(20)16-7-12-5-3-2-4-6-12/h2-6,13H,7-10H2,1H3,(H,16,20). The van der Waals surface area contributed by atoms with Crippen molar-refractivity contribution in [2.45, 2.75) is 19.4 Å². The Bertz CT molecular complexity index is 605. The Morgan fingerprint density at radius 1 is 1.38 bits per heavy atom. The van der Waals surface area contributed by atoms with Gasteiger partial charge in [-0.05, 0) is 12.5 Å². The molecule has 1 amide bonds. The van der Waals surface area contributed by atoms with E-state index in [1.807, 2.05) is 30.3 Å². The Hall–Kier alpha value is -2.21. The minimum absolute atomic E-state index is 0.0408. The van der Waals surface area contributed by atoms with Crippen LogP contribution >= 0.6 is 0 Å². The molecule has 0 aliphatic carbocycles. The van der Waals surface area contributed by atoms with E-state index in [1.54, 1.807) is 6.92 Å². The van der Waals surface area contributed by atoms with Crippen LogP contribution in [0.15, 0.2) is 34.9 Å². The average molecular weight is 286 g/mol. The van der Waals surface area contributed by atoms with Gasteiger partial charge in [0.2, 0.25) is 11.8 Å². The van der Waals surface area contributed by atoms with Crippen molar-refractivity contribution in [3.8, 4) is 0 Å². The Morgan fingerprint density at radius 2 is 2.14 bits per heavy atom. The molecule has 1 aromatic heterocycles. The molecule has 0 atom stereocenters. The lowest BCUT2D eigenvalue weighted by Crippen LogP contribution is -2.49. The number of hydrogen-bond donors (Lipinski definition) is 1. The number of benzene rings is 1. The van der Waals surface area contributed by atoms with E-state index in [-0.39, 0.29) is 11.8 Å². The number of amides is 1. The fourth-order valence-electron chi connectivity index (χ4n) is 2.39. The van der Waals surface area contributed by atoms with Gasteiger partial charge in [0.1, 0.15) is 0 Å². The van der Waals surface area contributed by atoms with Gasteiger partial charge in [0.05, 0.1) is 12.5 Å². The third-order valence-electron chi connectivity index (χ3n) is 3.55. The number of nitrogens with zero attached hydrogens (tertiary/aromatic N) is 3. The largest absolute Gasteiger partial charge is 0.351 e. The first-order valence-corrected chi connectivity index (χ1v) is 7.04. The maximum atomic E-state index is 11.9. The summed E-state index contributed by atoms with van der Waals surface area (Å²) in [6.07, 6.45) is 0. The van der Waals surface area contributed by atoms with Crippen LogP contribution in [0, 0.1) is 6.92 Å². The first-order chi connectivity index (χ1) is 10.2. The van der Waals surface area contributed by atoms with E-state index in [0.717, 1.165) is 18.7 Å². The molecule has 6 nitrogen and oxygen atoms in total. The molecular formula is C15H18N4O2. The first-order valence-electron chi connectivity index (χ1n) is 7.04. The molecule has 0 saturated carbocycles. The Labute approximate surface area is 123 Å². The van der Waals surface area contributed by atoms with E-state index in [2.05, 4.69) is 20.4 Å². The third kappa shape index (κ3) is 3.46. The van der Waals surface area contributed by atoms with Crippen LogP contribution in [0.3, 0.4) is 0 Å². The van der Waals surface area contributed by atoms with E-state index in [0.29, 0.717) is 24.8 Å². The van der Waals surface area contributed by atoms with E-state index in [9.17, 15) is 4.79 Å². The van der Waals surface area contributed by atoms with Crippen molar-refractivity contribution in [2.24, 2.45) is 0 Å². The zero-order valence-corrected chi connectivity index (χ0v) is 12.0. The summed E-state index contributed by atoms with van der Waals surface area (Å²) < 4.78 is 5.14. The highest BCUT2D eigenvalue weighted by atomic mass is 16.5. The monoisotopic (exact) mass is 286 g/mol. The van der Waals surface area contributed by atoms with Crippen LogP contribution in [0.4, 0.5) is 0 Å². The maximum absolute atomic E-state index is 11.9. The Kier molecular flexibility index (Phi) is 3.96. The van der Waals surface area contributed by atoms with E-state index in [1.165, 1.54) is 0 Å².